The largest absolute Gasteiger partial charge is 0.385 e. The second kappa shape index (κ2) is 7.67. The number of aromatic nitrogens is 1. The second-order valence-electron chi connectivity index (χ2n) is 5.39. The molecule has 0 unspecified atom stereocenters. The van der Waals surface area contributed by atoms with Crippen molar-refractivity contribution >= 4 is 12.2 Å². The van der Waals surface area contributed by atoms with Gasteiger partial charge in [-0.2, -0.15) is 0 Å². The van der Waals surface area contributed by atoms with E-state index in [1.54, 1.807) is 6.92 Å². The second-order valence-corrected chi connectivity index (χ2v) is 5.39. The van der Waals surface area contributed by atoms with Crippen LogP contribution in [0.3, 0.4) is 0 Å². The van der Waals surface area contributed by atoms with Gasteiger partial charge in [-0.05, 0) is 30.2 Å². The van der Waals surface area contributed by atoms with Crippen molar-refractivity contribution in [3.63, 3.8) is 0 Å². The molecule has 2 rings (SSSR count). The van der Waals surface area contributed by atoms with Crippen molar-refractivity contribution in [3.05, 3.63) is 57.2 Å². The van der Waals surface area contributed by atoms with Crippen LogP contribution in [0.5, 0.6) is 0 Å². The number of carbonyl (C=O) groups excluding carboxylic acids is 2. The van der Waals surface area contributed by atoms with E-state index >= 15 is 0 Å². The van der Waals surface area contributed by atoms with E-state index in [2.05, 4.69) is 10.3 Å². The van der Waals surface area contributed by atoms with Crippen molar-refractivity contribution in [2.24, 2.45) is 0 Å². The summed E-state index contributed by atoms with van der Waals surface area (Å²) in [5.41, 5.74) is 1.25. The number of nitrogens with one attached hydrogen (secondary N) is 2. The van der Waals surface area contributed by atoms with E-state index in [0.717, 1.165) is 0 Å². The number of amides is 1. The fourth-order valence-electron chi connectivity index (χ4n) is 2.39. The molecule has 0 fully saturated rings. The summed E-state index contributed by atoms with van der Waals surface area (Å²) in [7, 11) is 0. The third-order valence-electron chi connectivity index (χ3n) is 3.46. The van der Waals surface area contributed by atoms with Gasteiger partial charge < -0.3 is 15.2 Å². The molecule has 0 radical (unpaired) electrons. The number of aromatic amines is 1. The van der Waals surface area contributed by atoms with E-state index in [1.807, 2.05) is 0 Å². The van der Waals surface area contributed by atoms with Crippen LogP contribution in [0.15, 0.2) is 40.5 Å². The van der Waals surface area contributed by atoms with Gasteiger partial charge >= 0.3 is 0 Å². The number of aldehydes is 1. The Morgan fingerprint density at radius 1 is 1.46 bits per heavy atom. The number of H-pyrrole nitrogens is 1. The summed E-state index contributed by atoms with van der Waals surface area (Å²) in [5, 5.41) is 2.46. The van der Waals surface area contributed by atoms with E-state index in [0.29, 0.717) is 28.6 Å². The normalized spacial score (nSPS) is 15.0. The van der Waals surface area contributed by atoms with Crippen molar-refractivity contribution in [1.82, 2.24) is 15.2 Å². The topological polar surface area (TPSA) is 82.3 Å². The molecule has 0 atom stereocenters. The quantitative estimate of drug-likeness (QED) is 0.445. The number of carbonyl (C=O) groups is 2. The summed E-state index contributed by atoms with van der Waals surface area (Å²) in [5.74, 6) is -0.312. The third kappa shape index (κ3) is 4.15. The number of hydrogen-bond acceptors (Lipinski definition) is 4. The van der Waals surface area contributed by atoms with Crippen molar-refractivity contribution in [3.8, 4) is 0 Å². The minimum atomic E-state index is -2.52. The summed E-state index contributed by atoms with van der Waals surface area (Å²) in [6.07, 6.45) is 2.37. The predicted molar refractivity (Wildman–Crippen MR) is 83.7 cm³/mol. The standard InChI is InChI=1S/C16H17F2N3O3/c1-10(9-22)4-11(5-19-6-14(17)18)7-21-8-13-12(16(21)24)2-3-20-15(13)23/h2-5,9,14,19H,6-8H2,1H3,(H,20,23). The van der Waals surface area contributed by atoms with E-state index in [4.69, 9.17) is 0 Å². The first-order valence-electron chi connectivity index (χ1n) is 7.26. The molecule has 2 N–H and O–H groups in total. The lowest BCUT2D eigenvalue weighted by Gasteiger charge is -2.16. The molecule has 128 valence electrons. The number of allylic oxidation sites excluding steroid dienone is 1. The van der Waals surface area contributed by atoms with E-state index < -0.39 is 13.0 Å². The number of hydrogen-bond donors (Lipinski definition) is 2. The maximum Gasteiger partial charge on any atom is 0.255 e. The van der Waals surface area contributed by atoms with Crippen molar-refractivity contribution in [2.75, 3.05) is 13.1 Å². The molecule has 1 amide bonds. The van der Waals surface area contributed by atoms with E-state index in [9.17, 15) is 23.2 Å². The van der Waals surface area contributed by atoms with Crippen LogP contribution in [-0.4, -0.2) is 41.6 Å². The predicted octanol–water partition coefficient (Wildman–Crippen LogP) is 1.21. The maximum atomic E-state index is 12.3. The van der Waals surface area contributed by atoms with Gasteiger partial charge in [-0.25, -0.2) is 8.78 Å². The SMILES string of the molecule is CC(C=O)=CC(=CNCC(F)F)CN1Cc2c(cc[nH]c2=O)C1=O. The molecular formula is C16H17F2N3O3. The molecule has 24 heavy (non-hydrogen) atoms. The first-order valence-corrected chi connectivity index (χ1v) is 7.26. The summed E-state index contributed by atoms with van der Waals surface area (Å²) in [6.45, 7) is 1.25. The van der Waals surface area contributed by atoms with Crippen LogP contribution in [0.2, 0.25) is 0 Å². The van der Waals surface area contributed by atoms with Crippen LogP contribution in [0.1, 0.15) is 22.8 Å². The molecule has 6 nitrogen and oxygen atoms in total. The molecule has 0 aromatic carbocycles. The van der Waals surface area contributed by atoms with Crippen LogP contribution < -0.4 is 10.9 Å². The van der Waals surface area contributed by atoms with Crippen molar-refractivity contribution < 1.29 is 18.4 Å². The zero-order valence-corrected chi connectivity index (χ0v) is 13.0. The lowest BCUT2D eigenvalue weighted by molar-refractivity contribution is -0.104. The molecule has 8 heteroatoms. The number of pyridine rings is 1. The van der Waals surface area contributed by atoms with E-state index in [1.165, 1.54) is 29.4 Å². The summed E-state index contributed by atoms with van der Waals surface area (Å²) >= 11 is 0. The van der Waals surface area contributed by atoms with Gasteiger partial charge in [0.05, 0.1) is 18.7 Å². The fourth-order valence-corrected chi connectivity index (χ4v) is 2.39. The van der Waals surface area contributed by atoms with Crippen LogP contribution in [0.25, 0.3) is 0 Å². The first kappa shape index (κ1) is 17.6. The molecule has 1 aliphatic rings. The zero-order chi connectivity index (χ0) is 17.7. The lowest BCUT2D eigenvalue weighted by atomic mass is 10.2. The van der Waals surface area contributed by atoms with Crippen molar-refractivity contribution in [1.29, 1.82) is 0 Å². The Morgan fingerprint density at radius 3 is 2.83 bits per heavy atom. The van der Waals surface area contributed by atoms with Gasteiger partial charge in [-0.15, -0.1) is 0 Å². The Bertz CT molecular complexity index is 753. The third-order valence-corrected chi connectivity index (χ3v) is 3.46. The molecule has 0 spiro atoms. The molecule has 2 heterocycles. The average molecular weight is 337 g/mol. The molecule has 1 aromatic heterocycles. The van der Waals surface area contributed by atoms with Gasteiger partial charge in [-0.3, -0.25) is 14.4 Å². The van der Waals surface area contributed by atoms with Gasteiger partial charge in [0.25, 0.3) is 17.9 Å². The number of halogens is 2. The van der Waals surface area contributed by atoms with E-state index in [-0.39, 0.29) is 24.6 Å². The monoisotopic (exact) mass is 337 g/mol. The highest BCUT2D eigenvalue weighted by Crippen LogP contribution is 2.20. The number of alkyl halides is 2. The summed E-state index contributed by atoms with van der Waals surface area (Å²) < 4.78 is 24.5. The molecule has 0 saturated carbocycles. The Labute approximate surface area is 136 Å². The van der Waals surface area contributed by atoms with Crippen LogP contribution in [0, 0.1) is 0 Å². The van der Waals surface area contributed by atoms with Gasteiger partial charge in [-0.1, -0.05) is 0 Å². The highest BCUT2D eigenvalue weighted by molar-refractivity contribution is 5.98. The Hall–Kier alpha value is -2.77. The molecule has 0 aliphatic carbocycles. The van der Waals surface area contributed by atoms with Crippen LogP contribution in [0.4, 0.5) is 8.78 Å². The van der Waals surface area contributed by atoms with Crippen LogP contribution in [-0.2, 0) is 11.3 Å². The number of fused-ring (bicyclic) bond motifs is 1. The zero-order valence-electron chi connectivity index (χ0n) is 13.0. The van der Waals surface area contributed by atoms with Gasteiger partial charge in [0, 0.05) is 24.5 Å². The minimum absolute atomic E-state index is 0.0916. The Kier molecular flexibility index (Phi) is 5.62. The molecular weight excluding hydrogens is 320 g/mol. The summed E-state index contributed by atoms with van der Waals surface area (Å²) in [6, 6.07) is 1.53. The Morgan fingerprint density at radius 2 is 2.21 bits per heavy atom. The molecule has 0 bridgehead atoms. The molecule has 1 aromatic rings. The smallest absolute Gasteiger partial charge is 0.255 e. The minimum Gasteiger partial charge on any atom is -0.385 e. The van der Waals surface area contributed by atoms with Gasteiger partial charge in [0.15, 0.2) is 0 Å². The lowest BCUT2D eigenvalue weighted by Crippen LogP contribution is -2.27. The number of rotatable bonds is 7. The van der Waals surface area contributed by atoms with Crippen molar-refractivity contribution in [2.45, 2.75) is 19.9 Å². The van der Waals surface area contributed by atoms with Crippen LogP contribution >= 0.6 is 0 Å². The highest BCUT2D eigenvalue weighted by atomic mass is 19.3. The number of nitrogens with zero attached hydrogens (tertiary/aromatic N) is 1. The Balaban J connectivity index is 2.18. The highest BCUT2D eigenvalue weighted by Gasteiger charge is 2.29. The van der Waals surface area contributed by atoms with Gasteiger partial charge in [0.1, 0.15) is 6.29 Å². The molecule has 0 saturated heterocycles. The van der Waals surface area contributed by atoms with Gasteiger partial charge in [0.2, 0.25) is 0 Å². The average Bonchev–Trinajstić information content (AvgIpc) is 2.85. The fraction of sp³-hybridized carbons (Fsp3) is 0.312. The summed E-state index contributed by atoms with van der Waals surface area (Å²) in [4.78, 5) is 38.8. The first-order chi connectivity index (χ1) is 11.4. The molecule has 1 aliphatic heterocycles. The maximum absolute atomic E-state index is 12.3.